The first-order chi connectivity index (χ1) is 7.08. The normalized spacial score (nSPS) is 20.4. The Morgan fingerprint density at radius 3 is 2.20 bits per heavy atom. The molecule has 1 fully saturated rings. The maximum Gasteiger partial charge on any atom is 0.0519 e. The smallest absolute Gasteiger partial charge is 0.0519 e. The van der Waals surface area contributed by atoms with E-state index in [1.54, 1.807) is 0 Å². The Morgan fingerprint density at radius 2 is 1.73 bits per heavy atom. The van der Waals surface area contributed by atoms with Gasteiger partial charge >= 0.3 is 0 Å². The van der Waals surface area contributed by atoms with Gasteiger partial charge in [-0.25, -0.2) is 0 Å². The topological polar surface area (TPSA) is 12.5 Å². The molecule has 0 amide bonds. The average Bonchev–Trinajstić information content (AvgIpc) is 2.16. The lowest BCUT2D eigenvalue weighted by atomic mass is 9.97. The Kier molecular flexibility index (Phi) is 5.62. The van der Waals surface area contributed by atoms with Gasteiger partial charge in [0.25, 0.3) is 0 Å². The van der Waals surface area contributed by atoms with Crippen molar-refractivity contribution in [1.82, 2.24) is 4.90 Å². The first kappa shape index (κ1) is 13.0. The minimum absolute atomic E-state index is 0.388. The molecular formula is C13H27NO. The maximum atomic E-state index is 5.68. The molecule has 15 heavy (non-hydrogen) atoms. The van der Waals surface area contributed by atoms with Gasteiger partial charge < -0.3 is 9.64 Å². The molecule has 1 heterocycles. The van der Waals surface area contributed by atoms with Crippen LogP contribution in [0.15, 0.2) is 0 Å². The number of hydrogen-bond donors (Lipinski definition) is 0. The van der Waals surface area contributed by atoms with Crippen molar-refractivity contribution in [2.45, 2.75) is 46.6 Å². The van der Waals surface area contributed by atoms with Crippen LogP contribution in [0.25, 0.3) is 0 Å². The summed E-state index contributed by atoms with van der Waals surface area (Å²) in [6.45, 7) is 13.6. The third kappa shape index (κ3) is 5.53. The van der Waals surface area contributed by atoms with Crippen LogP contribution in [0.4, 0.5) is 0 Å². The zero-order chi connectivity index (χ0) is 11.3. The molecule has 1 rings (SSSR count). The van der Waals surface area contributed by atoms with Crippen molar-refractivity contribution < 1.29 is 4.74 Å². The van der Waals surface area contributed by atoms with Crippen LogP contribution in [-0.4, -0.2) is 37.2 Å². The van der Waals surface area contributed by atoms with Gasteiger partial charge in [0.1, 0.15) is 0 Å². The molecule has 0 unspecified atom stereocenters. The molecule has 1 aliphatic rings. The van der Waals surface area contributed by atoms with Crippen LogP contribution in [-0.2, 0) is 4.74 Å². The van der Waals surface area contributed by atoms with E-state index in [1.807, 2.05) is 0 Å². The molecule has 2 nitrogen and oxygen atoms in total. The molecule has 0 aliphatic carbocycles. The Bertz CT molecular complexity index is 160. The minimum atomic E-state index is 0.388. The largest absolute Gasteiger partial charge is 0.379 e. The van der Waals surface area contributed by atoms with Gasteiger partial charge in [0.2, 0.25) is 0 Å². The van der Waals surface area contributed by atoms with E-state index in [2.05, 4.69) is 32.6 Å². The first-order valence-electron chi connectivity index (χ1n) is 6.42. The van der Waals surface area contributed by atoms with Gasteiger partial charge in [-0.3, -0.25) is 0 Å². The molecule has 0 aromatic heterocycles. The third-order valence-electron chi connectivity index (χ3n) is 3.00. The van der Waals surface area contributed by atoms with Crippen molar-refractivity contribution in [2.24, 2.45) is 11.8 Å². The van der Waals surface area contributed by atoms with Crippen molar-refractivity contribution >= 4 is 0 Å². The summed E-state index contributed by atoms with van der Waals surface area (Å²) in [7, 11) is 0. The van der Waals surface area contributed by atoms with Crippen LogP contribution in [0.3, 0.4) is 0 Å². The van der Waals surface area contributed by atoms with Crippen molar-refractivity contribution in [1.29, 1.82) is 0 Å². The molecular weight excluding hydrogens is 186 g/mol. The second-order valence-corrected chi connectivity index (χ2v) is 5.52. The van der Waals surface area contributed by atoms with Gasteiger partial charge in [-0.2, -0.15) is 0 Å². The molecule has 0 N–H and O–H groups in total. The Hall–Kier alpha value is -0.0800. The molecule has 0 aromatic carbocycles. The summed E-state index contributed by atoms with van der Waals surface area (Å²) in [6.07, 6.45) is 3.03. The van der Waals surface area contributed by atoms with Crippen molar-refractivity contribution in [3.8, 4) is 0 Å². The van der Waals surface area contributed by atoms with Gasteiger partial charge in [0, 0.05) is 13.2 Å². The minimum Gasteiger partial charge on any atom is -0.379 e. The Morgan fingerprint density at radius 1 is 1.13 bits per heavy atom. The highest BCUT2D eigenvalue weighted by atomic mass is 16.5. The van der Waals surface area contributed by atoms with Crippen LogP contribution in [0.2, 0.25) is 0 Å². The van der Waals surface area contributed by atoms with E-state index >= 15 is 0 Å². The van der Waals surface area contributed by atoms with E-state index in [1.165, 1.54) is 32.5 Å². The summed E-state index contributed by atoms with van der Waals surface area (Å²) in [6, 6.07) is 0. The highest BCUT2D eigenvalue weighted by Gasteiger charge is 2.19. The quantitative estimate of drug-likeness (QED) is 0.696. The molecule has 90 valence electrons. The van der Waals surface area contributed by atoms with E-state index in [4.69, 9.17) is 4.74 Å². The molecule has 0 bridgehead atoms. The fraction of sp³-hybridized carbons (Fsp3) is 1.00. The van der Waals surface area contributed by atoms with Gasteiger partial charge in [0.05, 0.1) is 6.10 Å². The Balaban J connectivity index is 2.12. The number of likely N-dealkylation sites (tertiary alicyclic amines) is 1. The van der Waals surface area contributed by atoms with Crippen LogP contribution < -0.4 is 0 Å². The van der Waals surface area contributed by atoms with E-state index < -0.39 is 0 Å². The van der Waals surface area contributed by atoms with E-state index in [9.17, 15) is 0 Å². The van der Waals surface area contributed by atoms with E-state index in [-0.39, 0.29) is 0 Å². The molecule has 0 aromatic rings. The zero-order valence-electron chi connectivity index (χ0n) is 10.8. The molecule has 0 saturated carbocycles. The lowest BCUT2D eigenvalue weighted by Crippen LogP contribution is -2.37. The highest BCUT2D eigenvalue weighted by Crippen LogP contribution is 2.18. The summed E-state index contributed by atoms with van der Waals surface area (Å²) in [4.78, 5) is 2.59. The van der Waals surface area contributed by atoms with Crippen molar-refractivity contribution in [3.05, 3.63) is 0 Å². The lowest BCUT2D eigenvalue weighted by Gasteiger charge is -2.33. The fourth-order valence-electron chi connectivity index (χ4n) is 2.18. The molecule has 0 spiro atoms. The summed E-state index contributed by atoms with van der Waals surface area (Å²) in [5.74, 6) is 1.60. The fourth-order valence-corrected chi connectivity index (χ4v) is 2.18. The number of hydrogen-bond acceptors (Lipinski definition) is 2. The zero-order valence-corrected chi connectivity index (χ0v) is 10.8. The number of rotatable bonds is 5. The van der Waals surface area contributed by atoms with Crippen LogP contribution in [0.5, 0.6) is 0 Å². The highest BCUT2D eigenvalue weighted by molar-refractivity contribution is 4.72. The molecule has 0 radical (unpaired) electrons. The predicted molar refractivity (Wildman–Crippen MR) is 65.1 cm³/mol. The van der Waals surface area contributed by atoms with Gasteiger partial charge in [0.15, 0.2) is 0 Å². The predicted octanol–water partition coefficient (Wildman–Crippen LogP) is 2.78. The summed E-state index contributed by atoms with van der Waals surface area (Å²) in [5.41, 5.74) is 0. The lowest BCUT2D eigenvalue weighted by molar-refractivity contribution is 0.0293. The van der Waals surface area contributed by atoms with Crippen LogP contribution >= 0.6 is 0 Å². The van der Waals surface area contributed by atoms with E-state index in [0.29, 0.717) is 6.10 Å². The summed E-state index contributed by atoms with van der Waals surface area (Å²) in [5, 5.41) is 0. The summed E-state index contributed by atoms with van der Waals surface area (Å²) >= 11 is 0. The van der Waals surface area contributed by atoms with Crippen molar-refractivity contribution in [2.75, 3.05) is 26.2 Å². The van der Waals surface area contributed by atoms with Crippen LogP contribution in [0, 0.1) is 11.8 Å². The molecule has 2 heteroatoms. The second-order valence-electron chi connectivity index (χ2n) is 5.52. The van der Waals surface area contributed by atoms with Gasteiger partial charge in [-0.05, 0) is 51.6 Å². The standard InChI is InChI=1S/C13H27NO/c1-11(2)9-14-7-5-13(6-8-14)10-15-12(3)4/h11-13H,5-10H2,1-4H3. The molecule has 1 saturated heterocycles. The third-order valence-corrected chi connectivity index (χ3v) is 3.00. The number of piperidine rings is 1. The summed E-state index contributed by atoms with van der Waals surface area (Å²) < 4.78 is 5.68. The van der Waals surface area contributed by atoms with Crippen molar-refractivity contribution in [3.63, 3.8) is 0 Å². The number of nitrogens with zero attached hydrogens (tertiary/aromatic N) is 1. The first-order valence-corrected chi connectivity index (χ1v) is 6.42. The van der Waals surface area contributed by atoms with Crippen LogP contribution in [0.1, 0.15) is 40.5 Å². The maximum absolute atomic E-state index is 5.68. The van der Waals surface area contributed by atoms with Gasteiger partial charge in [-0.1, -0.05) is 13.8 Å². The Labute approximate surface area is 95.0 Å². The SMILES string of the molecule is CC(C)CN1CCC(COC(C)C)CC1. The van der Waals surface area contributed by atoms with E-state index in [0.717, 1.165) is 18.4 Å². The monoisotopic (exact) mass is 213 g/mol. The molecule has 1 aliphatic heterocycles. The average molecular weight is 213 g/mol. The van der Waals surface area contributed by atoms with Gasteiger partial charge in [-0.15, -0.1) is 0 Å². The number of ether oxygens (including phenoxy) is 1. The molecule has 0 atom stereocenters. The second kappa shape index (κ2) is 6.49.